The van der Waals surface area contributed by atoms with Gasteiger partial charge in [0.05, 0.1) is 15.8 Å². The first-order chi connectivity index (χ1) is 12.5. The molecule has 4 rings (SSSR count). The van der Waals surface area contributed by atoms with Crippen LogP contribution >= 0.6 is 23.1 Å². The van der Waals surface area contributed by atoms with Gasteiger partial charge in [-0.2, -0.15) is 5.26 Å². The summed E-state index contributed by atoms with van der Waals surface area (Å²) in [5.41, 5.74) is 5.48. The van der Waals surface area contributed by atoms with Gasteiger partial charge in [-0.05, 0) is 62.7 Å². The van der Waals surface area contributed by atoms with E-state index in [1.54, 1.807) is 17.7 Å². The van der Waals surface area contributed by atoms with Gasteiger partial charge < -0.3 is 0 Å². The molecule has 0 amide bonds. The molecule has 0 saturated heterocycles. The van der Waals surface area contributed by atoms with Gasteiger partial charge in [-0.15, -0.1) is 11.3 Å². The molecule has 0 aromatic carbocycles. The van der Waals surface area contributed by atoms with Crippen LogP contribution in [-0.4, -0.2) is 19.9 Å². The molecular formula is C19H15N5S2. The number of nitrogens with zero attached hydrogens (tertiary/aromatic N) is 5. The Morgan fingerprint density at radius 1 is 0.962 bits per heavy atom. The number of hydrogen-bond donors (Lipinski definition) is 0. The molecule has 0 bridgehead atoms. The van der Waals surface area contributed by atoms with Gasteiger partial charge in [-0.3, -0.25) is 0 Å². The highest BCUT2D eigenvalue weighted by atomic mass is 32.2. The highest BCUT2D eigenvalue weighted by Gasteiger charge is 2.18. The fourth-order valence-electron chi connectivity index (χ4n) is 3.07. The number of hydrogen-bond acceptors (Lipinski definition) is 7. The van der Waals surface area contributed by atoms with Crippen molar-refractivity contribution in [1.82, 2.24) is 19.9 Å². The number of aromatic nitrogens is 4. The van der Waals surface area contributed by atoms with Crippen molar-refractivity contribution < 1.29 is 0 Å². The van der Waals surface area contributed by atoms with Crippen LogP contribution in [0.4, 0.5) is 0 Å². The number of pyridine rings is 2. The van der Waals surface area contributed by atoms with E-state index in [1.165, 1.54) is 11.8 Å². The summed E-state index contributed by atoms with van der Waals surface area (Å²) in [6, 6.07) is 6.26. The monoisotopic (exact) mass is 377 g/mol. The Balaban J connectivity index is 1.94. The minimum Gasteiger partial charge on any atom is -0.245 e. The lowest BCUT2D eigenvalue weighted by molar-refractivity contribution is 1.02. The fourth-order valence-corrected chi connectivity index (χ4v) is 5.42. The topological polar surface area (TPSA) is 75.3 Å². The summed E-state index contributed by atoms with van der Waals surface area (Å²) >= 11 is 3.01. The molecule has 0 aliphatic heterocycles. The number of thiophene rings is 1. The number of fused-ring (bicyclic) bond motifs is 3. The Morgan fingerprint density at radius 3 is 2.46 bits per heavy atom. The Bertz CT molecular complexity index is 1220. The molecule has 4 aromatic rings. The van der Waals surface area contributed by atoms with E-state index in [1.807, 2.05) is 26.8 Å². The molecular weight excluding hydrogens is 362 g/mol. The molecule has 26 heavy (non-hydrogen) atoms. The Kier molecular flexibility index (Phi) is 4.10. The average molecular weight is 377 g/mol. The molecule has 0 saturated carbocycles. The number of aryl methyl sites for hydroxylation is 4. The van der Waals surface area contributed by atoms with Crippen molar-refractivity contribution >= 4 is 43.5 Å². The van der Waals surface area contributed by atoms with E-state index in [9.17, 15) is 5.26 Å². The summed E-state index contributed by atoms with van der Waals surface area (Å²) in [4.78, 5) is 19.2. The third-order valence-electron chi connectivity index (χ3n) is 4.13. The lowest BCUT2D eigenvalue weighted by Crippen LogP contribution is -1.95. The van der Waals surface area contributed by atoms with Crippen LogP contribution in [0.1, 0.15) is 28.1 Å². The normalized spacial score (nSPS) is 11.2. The molecule has 5 nitrogen and oxygen atoms in total. The van der Waals surface area contributed by atoms with Gasteiger partial charge in [0.2, 0.25) is 0 Å². The Hall–Kier alpha value is -2.56. The van der Waals surface area contributed by atoms with Crippen molar-refractivity contribution in [3.8, 4) is 6.07 Å². The lowest BCUT2D eigenvalue weighted by Gasteiger charge is -2.07. The van der Waals surface area contributed by atoms with E-state index in [0.717, 1.165) is 48.0 Å². The van der Waals surface area contributed by atoms with E-state index in [0.29, 0.717) is 10.6 Å². The second kappa shape index (κ2) is 6.31. The van der Waals surface area contributed by atoms with E-state index >= 15 is 0 Å². The smallest absolute Gasteiger partial charge is 0.126 e. The van der Waals surface area contributed by atoms with E-state index in [2.05, 4.69) is 39.0 Å². The first-order valence-electron chi connectivity index (χ1n) is 8.05. The second-order valence-corrected chi connectivity index (χ2v) is 8.17. The molecule has 0 N–H and O–H groups in total. The van der Waals surface area contributed by atoms with Crippen LogP contribution < -0.4 is 0 Å². The third kappa shape index (κ3) is 2.71. The molecule has 0 atom stereocenters. The predicted molar refractivity (Wildman–Crippen MR) is 105 cm³/mol. The molecule has 7 heteroatoms. The van der Waals surface area contributed by atoms with Crippen molar-refractivity contribution in [3.63, 3.8) is 0 Å². The van der Waals surface area contributed by atoms with E-state index in [-0.39, 0.29) is 0 Å². The van der Waals surface area contributed by atoms with Crippen LogP contribution in [-0.2, 0) is 0 Å². The Labute approximate surface area is 159 Å². The maximum Gasteiger partial charge on any atom is 0.126 e. The van der Waals surface area contributed by atoms with Gasteiger partial charge in [-0.25, -0.2) is 19.9 Å². The van der Waals surface area contributed by atoms with Crippen molar-refractivity contribution in [2.45, 2.75) is 37.7 Å². The van der Waals surface area contributed by atoms with Gasteiger partial charge in [0, 0.05) is 16.8 Å². The van der Waals surface area contributed by atoms with Gasteiger partial charge in [0.1, 0.15) is 27.3 Å². The third-order valence-corrected chi connectivity index (χ3v) is 6.34. The van der Waals surface area contributed by atoms with Crippen LogP contribution in [0.2, 0.25) is 0 Å². The number of nitriles is 1. The van der Waals surface area contributed by atoms with Crippen molar-refractivity contribution in [1.29, 1.82) is 5.26 Å². The molecule has 0 aliphatic carbocycles. The SMILES string of the molecule is Cc1cc(C)c(C#N)c(Sc2ncnc3c2sc2nc(C)cc(C)c23)n1. The van der Waals surface area contributed by atoms with E-state index in [4.69, 9.17) is 0 Å². The van der Waals surface area contributed by atoms with Crippen molar-refractivity contribution in [3.05, 3.63) is 46.5 Å². The lowest BCUT2D eigenvalue weighted by atomic mass is 10.1. The summed E-state index contributed by atoms with van der Waals surface area (Å²) in [6.07, 6.45) is 1.57. The van der Waals surface area contributed by atoms with Gasteiger partial charge >= 0.3 is 0 Å². The predicted octanol–water partition coefficient (Wildman–Crippen LogP) is 4.89. The van der Waals surface area contributed by atoms with Crippen LogP contribution in [0.5, 0.6) is 0 Å². The molecule has 128 valence electrons. The largest absolute Gasteiger partial charge is 0.245 e. The summed E-state index contributed by atoms with van der Waals surface area (Å²) < 4.78 is 0.985. The average Bonchev–Trinajstić information content (AvgIpc) is 2.94. The Morgan fingerprint density at radius 2 is 1.69 bits per heavy atom. The minimum atomic E-state index is 0.596. The summed E-state index contributed by atoms with van der Waals surface area (Å²) in [7, 11) is 0. The molecule has 0 aliphatic rings. The maximum absolute atomic E-state index is 9.52. The summed E-state index contributed by atoms with van der Waals surface area (Å²) in [5.74, 6) is 0. The molecule has 0 fully saturated rings. The zero-order valence-corrected chi connectivity index (χ0v) is 16.4. The highest BCUT2D eigenvalue weighted by molar-refractivity contribution is 7.99. The van der Waals surface area contributed by atoms with Crippen molar-refractivity contribution in [2.24, 2.45) is 0 Å². The first kappa shape index (κ1) is 16.9. The maximum atomic E-state index is 9.52. The summed E-state index contributed by atoms with van der Waals surface area (Å²) in [5, 5.41) is 12.1. The standard InChI is InChI=1S/C19H15N5S2/c1-9-5-11(3)23-17(13(9)7-20)26-19-16-15(21-8-22-19)14-10(2)6-12(4)24-18(14)25-16/h5-6,8H,1-4H3. The summed E-state index contributed by atoms with van der Waals surface area (Å²) in [6.45, 7) is 7.94. The number of rotatable bonds is 2. The van der Waals surface area contributed by atoms with Crippen LogP contribution in [0, 0.1) is 39.0 Å². The molecule has 0 radical (unpaired) electrons. The van der Waals surface area contributed by atoms with E-state index < -0.39 is 0 Å². The second-order valence-electron chi connectivity index (χ2n) is 6.19. The van der Waals surface area contributed by atoms with Gasteiger partial charge in [0.25, 0.3) is 0 Å². The molecule has 4 aromatic heterocycles. The molecule has 0 spiro atoms. The first-order valence-corrected chi connectivity index (χ1v) is 9.69. The molecule has 0 unspecified atom stereocenters. The van der Waals surface area contributed by atoms with Gasteiger partial charge in [0.15, 0.2) is 0 Å². The minimum absolute atomic E-state index is 0.596. The zero-order chi connectivity index (χ0) is 18.4. The molecule has 4 heterocycles. The fraction of sp³-hybridized carbons (Fsp3) is 0.211. The van der Waals surface area contributed by atoms with Crippen LogP contribution in [0.3, 0.4) is 0 Å². The van der Waals surface area contributed by atoms with Crippen LogP contribution in [0.15, 0.2) is 28.5 Å². The van der Waals surface area contributed by atoms with Crippen molar-refractivity contribution in [2.75, 3.05) is 0 Å². The van der Waals surface area contributed by atoms with Gasteiger partial charge in [-0.1, -0.05) is 0 Å². The zero-order valence-electron chi connectivity index (χ0n) is 14.8. The highest BCUT2D eigenvalue weighted by Crippen LogP contribution is 2.40. The quantitative estimate of drug-likeness (QED) is 0.463. The van der Waals surface area contributed by atoms with Crippen LogP contribution in [0.25, 0.3) is 20.4 Å².